The van der Waals surface area contributed by atoms with Gasteiger partial charge in [0, 0.05) is 13.1 Å². The van der Waals surface area contributed by atoms with Gasteiger partial charge in [0.25, 0.3) is 5.56 Å². The number of amides is 1. The monoisotopic (exact) mass is 441 g/mol. The zero-order valence-corrected chi connectivity index (χ0v) is 18.8. The van der Waals surface area contributed by atoms with Gasteiger partial charge < -0.3 is 14.8 Å². The van der Waals surface area contributed by atoms with Gasteiger partial charge in [0.15, 0.2) is 16.7 Å². The Kier molecular flexibility index (Phi) is 7.94. The molecule has 0 radical (unpaired) electrons. The number of fused-ring (bicyclic) bond motifs is 1. The second-order valence-electron chi connectivity index (χ2n) is 6.95. The maximum atomic E-state index is 12.8. The van der Waals surface area contributed by atoms with Crippen LogP contribution in [0, 0.1) is 0 Å². The van der Waals surface area contributed by atoms with E-state index in [9.17, 15) is 9.59 Å². The molecule has 1 amide bonds. The zero-order chi connectivity index (χ0) is 22.2. The highest BCUT2D eigenvalue weighted by molar-refractivity contribution is 7.99. The Balaban J connectivity index is 1.60. The Bertz CT molecular complexity index is 1110. The summed E-state index contributed by atoms with van der Waals surface area (Å²) < 4.78 is 12.2. The third-order valence-corrected chi connectivity index (χ3v) is 5.77. The molecular weight excluding hydrogens is 414 g/mol. The first kappa shape index (κ1) is 22.7. The predicted octanol–water partition coefficient (Wildman–Crippen LogP) is 3.27. The summed E-state index contributed by atoms with van der Waals surface area (Å²) in [6, 6.07) is 13.0. The van der Waals surface area contributed by atoms with Gasteiger partial charge in [-0.1, -0.05) is 36.9 Å². The molecule has 1 heterocycles. The summed E-state index contributed by atoms with van der Waals surface area (Å²) in [4.78, 5) is 29.8. The van der Waals surface area contributed by atoms with E-state index < -0.39 is 0 Å². The third kappa shape index (κ3) is 5.58. The molecule has 2 aromatic carbocycles. The average molecular weight is 442 g/mol. The molecule has 8 heteroatoms. The van der Waals surface area contributed by atoms with Crippen LogP contribution in [-0.4, -0.2) is 42.0 Å². The number of rotatable bonds is 10. The highest BCUT2D eigenvalue weighted by atomic mass is 32.2. The zero-order valence-electron chi connectivity index (χ0n) is 18.0. The van der Waals surface area contributed by atoms with Crippen LogP contribution in [0.4, 0.5) is 0 Å². The van der Waals surface area contributed by atoms with Crippen molar-refractivity contribution in [2.45, 2.75) is 31.5 Å². The molecule has 0 aliphatic carbocycles. The fraction of sp³-hybridized carbons (Fsp3) is 0.348. The van der Waals surface area contributed by atoms with Gasteiger partial charge in [0.05, 0.1) is 30.9 Å². The number of methoxy groups -OCH3 is 2. The van der Waals surface area contributed by atoms with Crippen molar-refractivity contribution in [2.24, 2.45) is 0 Å². The molecule has 0 aliphatic heterocycles. The van der Waals surface area contributed by atoms with Crippen molar-refractivity contribution in [3.05, 3.63) is 58.4 Å². The molecule has 1 aromatic heterocycles. The maximum absolute atomic E-state index is 12.8. The first-order valence-electron chi connectivity index (χ1n) is 10.2. The molecule has 0 spiro atoms. The van der Waals surface area contributed by atoms with E-state index in [1.54, 1.807) is 24.9 Å². The van der Waals surface area contributed by atoms with Gasteiger partial charge in [-0.2, -0.15) is 0 Å². The van der Waals surface area contributed by atoms with Crippen LogP contribution >= 0.6 is 11.8 Å². The lowest BCUT2D eigenvalue weighted by Crippen LogP contribution is -2.28. The molecule has 3 aromatic rings. The van der Waals surface area contributed by atoms with Crippen LogP contribution in [-0.2, 0) is 17.8 Å². The van der Waals surface area contributed by atoms with Gasteiger partial charge in [0.2, 0.25) is 5.91 Å². The van der Waals surface area contributed by atoms with Gasteiger partial charge >= 0.3 is 0 Å². The van der Waals surface area contributed by atoms with E-state index in [4.69, 9.17) is 9.47 Å². The molecule has 0 atom stereocenters. The molecule has 7 nitrogen and oxygen atoms in total. The van der Waals surface area contributed by atoms with Crippen molar-refractivity contribution in [3.63, 3.8) is 0 Å². The number of ether oxygens (including phenoxy) is 2. The molecule has 1 N–H and O–H groups in total. The normalized spacial score (nSPS) is 10.8. The smallest absolute Gasteiger partial charge is 0.262 e. The van der Waals surface area contributed by atoms with E-state index >= 15 is 0 Å². The number of carbonyl (C=O) groups excluding carboxylic acids is 1. The van der Waals surface area contributed by atoms with Crippen LogP contribution in [0.3, 0.4) is 0 Å². The van der Waals surface area contributed by atoms with Crippen molar-refractivity contribution in [1.82, 2.24) is 14.9 Å². The average Bonchev–Trinajstić information content (AvgIpc) is 2.79. The van der Waals surface area contributed by atoms with Crippen LogP contribution in [0.25, 0.3) is 10.9 Å². The third-order valence-electron chi connectivity index (χ3n) is 4.79. The van der Waals surface area contributed by atoms with Gasteiger partial charge in [-0.25, -0.2) is 4.98 Å². The summed E-state index contributed by atoms with van der Waals surface area (Å²) in [6.45, 7) is 3.08. The Morgan fingerprint density at radius 1 is 1.13 bits per heavy atom. The summed E-state index contributed by atoms with van der Waals surface area (Å²) in [5.74, 6) is 1.43. The molecule has 0 fully saturated rings. The SMILES string of the molecule is CCCn1c(SCC(=O)NCCc2ccc(OC)c(OC)c2)nc2ccccc2c1=O. The Hall–Kier alpha value is -3.00. The fourth-order valence-corrected chi connectivity index (χ4v) is 4.10. The van der Waals surface area contributed by atoms with Crippen molar-refractivity contribution in [1.29, 1.82) is 0 Å². The summed E-state index contributed by atoms with van der Waals surface area (Å²) in [6.07, 6.45) is 1.48. The molecule has 0 aliphatic rings. The number of hydrogen-bond acceptors (Lipinski definition) is 6. The number of nitrogens with one attached hydrogen (secondary N) is 1. The number of aromatic nitrogens is 2. The van der Waals surface area contributed by atoms with E-state index in [2.05, 4.69) is 10.3 Å². The number of thioether (sulfide) groups is 1. The highest BCUT2D eigenvalue weighted by Crippen LogP contribution is 2.27. The minimum Gasteiger partial charge on any atom is -0.493 e. The van der Waals surface area contributed by atoms with Gasteiger partial charge in [-0.05, 0) is 42.7 Å². The second-order valence-corrected chi connectivity index (χ2v) is 7.89. The van der Waals surface area contributed by atoms with Crippen LogP contribution < -0.4 is 20.3 Å². The molecular formula is C23H27N3O4S. The first-order valence-corrected chi connectivity index (χ1v) is 11.2. The van der Waals surface area contributed by atoms with Gasteiger partial charge in [-0.15, -0.1) is 0 Å². The van der Waals surface area contributed by atoms with Crippen molar-refractivity contribution >= 4 is 28.6 Å². The van der Waals surface area contributed by atoms with E-state index in [1.165, 1.54) is 11.8 Å². The summed E-state index contributed by atoms with van der Waals surface area (Å²) in [7, 11) is 3.19. The van der Waals surface area contributed by atoms with Crippen LogP contribution in [0.2, 0.25) is 0 Å². The number of carbonyl (C=O) groups is 1. The lowest BCUT2D eigenvalue weighted by atomic mass is 10.1. The molecule has 0 saturated heterocycles. The van der Waals surface area contributed by atoms with Crippen molar-refractivity contribution in [3.8, 4) is 11.5 Å². The summed E-state index contributed by atoms with van der Waals surface area (Å²) >= 11 is 1.28. The van der Waals surface area contributed by atoms with E-state index in [1.807, 2.05) is 43.3 Å². The topological polar surface area (TPSA) is 82.5 Å². The standard InChI is InChI=1S/C23H27N3O4S/c1-4-13-26-22(28)17-7-5-6-8-18(17)25-23(26)31-15-21(27)24-12-11-16-9-10-19(29-2)20(14-16)30-3/h5-10,14H,4,11-13,15H2,1-3H3,(H,24,27). The summed E-state index contributed by atoms with van der Waals surface area (Å²) in [5, 5.41) is 4.09. The van der Waals surface area contributed by atoms with Crippen molar-refractivity contribution < 1.29 is 14.3 Å². The quantitative estimate of drug-likeness (QED) is 0.384. The Morgan fingerprint density at radius 2 is 1.90 bits per heavy atom. The molecule has 3 rings (SSSR count). The van der Waals surface area contributed by atoms with Gasteiger partial charge in [0.1, 0.15) is 0 Å². The first-order chi connectivity index (χ1) is 15.1. The van der Waals surface area contributed by atoms with Crippen LogP contribution in [0.5, 0.6) is 11.5 Å². The molecule has 0 unspecified atom stereocenters. The number of para-hydroxylation sites is 1. The lowest BCUT2D eigenvalue weighted by molar-refractivity contribution is -0.118. The maximum Gasteiger partial charge on any atom is 0.262 e. The predicted molar refractivity (Wildman–Crippen MR) is 123 cm³/mol. The van der Waals surface area contributed by atoms with E-state index in [0.717, 1.165) is 12.0 Å². The van der Waals surface area contributed by atoms with Crippen molar-refractivity contribution in [2.75, 3.05) is 26.5 Å². The highest BCUT2D eigenvalue weighted by Gasteiger charge is 2.13. The number of nitrogens with zero attached hydrogens (tertiary/aromatic N) is 2. The number of hydrogen-bond donors (Lipinski definition) is 1. The lowest BCUT2D eigenvalue weighted by Gasteiger charge is -2.12. The van der Waals surface area contributed by atoms with Gasteiger partial charge in [-0.3, -0.25) is 14.2 Å². The fourth-order valence-electron chi connectivity index (χ4n) is 3.24. The number of benzene rings is 2. The largest absolute Gasteiger partial charge is 0.493 e. The Morgan fingerprint density at radius 3 is 2.65 bits per heavy atom. The van der Waals surface area contributed by atoms with E-state index in [0.29, 0.717) is 47.1 Å². The van der Waals surface area contributed by atoms with E-state index in [-0.39, 0.29) is 17.2 Å². The second kappa shape index (κ2) is 10.9. The summed E-state index contributed by atoms with van der Waals surface area (Å²) in [5.41, 5.74) is 1.62. The minimum absolute atomic E-state index is 0.0659. The molecule has 0 bridgehead atoms. The molecule has 164 valence electrons. The van der Waals surface area contributed by atoms with Crippen LogP contribution in [0.15, 0.2) is 52.4 Å². The van der Waals surface area contributed by atoms with Crippen LogP contribution in [0.1, 0.15) is 18.9 Å². The molecule has 31 heavy (non-hydrogen) atoms. The Labute approximate surface area is 185 Å². The minimum atomic E-state index is -0.101. The molecule has 0 saturated carbocycles.